The van der Waals surface area contributed by atoms with E-state index in [0.717, 1.165) is 11.1 Å². The van der Waals surface area contributed by atoms with Crippen molar-refractivity contribution in [3.63, 3.8) is 0 Å². The van der Waals surface area contributed by atoms with Crippen molar-refractivity contribution in [2.75, 3.05) is 13.2 Å². The lowest BCUT2D eigenvalue weighted by atomic mass is 10.0. The number of aliphatic hydroxyl groups is 1. The minimum Gasteiger partial charge on any atom is -0.395 e. The maximum absolute atomic E-state index is 11.9. The molecule has 1 aromatic rings. The fourth-order valence-electron chi connectivity index (χ4n) is 1.73. The number of aliphatic hydroxyl groups excluding tert-OH is 1. The third kappa shape index (κ3) is 6.11. The lowest BCUT2D eigenvalue weighted by Crippen LogP contribution is -2.25. The predicted octanol–water partition coefficient (Wildman–Crippen LogP) is 0.724. The van der Waals surface area contributed by atoms with E-state index in [9.17, 15) is 9.59 Å². The van der Waals surface area contributed by atoms with Crippen LogP contribution in [-0.4, -0.2) is 30.1 Å². The number of rotatable bonds is 6. The Morgan fingerprint density at radius 1 is 1.38 bits per heavy atom. The highest BCUT2D eigenvalue weighted by Crippen LogP contribution is 2.10. The monoisotopic (exact) mass is 288 g/mol. The first-order valence-corrected chi connectivity index (χ1v) is 6.81. The molecule has 112 valence electrons. The second-order valence-corrected chi connectivity index (χ2v) is 4.63. The van der Waals surface area contributed by atoms with Crippen LogP contribution in [0.25, 0.3) is 0 Å². The number of aryl methyl sites for hydroxylation is 1. The highest BCUT2D eigenvalue weighted by atomic mass is 16.2. The molecule has 5 heteroatoms. The van der Waals surface area contributed by atoms with Crippen molar-refractivity contribution >= 4 is 11.8 Å². The van der Waals surface area contributed by atoms with E-state index in [2.05, 4.69) is 17.2 Å². The zero-order valence-corrected chi connectivity index (χ0v) is 12.1. The van der Waals surface area contributed by atoms with Crippen LogP contribution in [0, 0.1) is 18.8 Å². The molecule has 2 amide bonds. The topological polar surface area (TPSA) is 92.4 Å². The van der Waals surface area contributed by atoms with Gasteiger partial charge in [0, 0.05) is 30.5 Å². The molecule has 5 nitrogen and oxygen atoms in total. The second-order valence-electron chi connectivity index (χ2n) is 4.63. The lowest BCUT2D eigenvalue weighted by molar-refractivity contribution is -0.118. The van der Waals surface area contributed by atoms with Crippen LogP contribution in [0.4, 0.5) is 0 Å². The van der Waals surface area contributed by atoms with Gasteiger partial charge in [0.15, 0.2) is 0 Å². The molecule has 0 aliphatic carbocycles. The summed E-state index contributed by atoms with van der Waals surface area (Å²) in [7, 11) is 0. The first-order chi connectivity index (χ1) is 10.0. The van der Waals surface area contributed by atoms with Gasteiger partial charge < -0.3 is 16.2 Å². The molecule has 0 radical (unpaired) electrons. The van der Waals surface area contributed by atoms with Crippen molar-refractivity contribution in [3.8, 4) is 11.8 Å². The number of primary amides is 1. The number of carbonyl (C=O) groups excluding carboxylic acids is 2. The first kappa shape index (κ1) is 16.7. The number of amides is 2. The summed E-state index contributed by atoms with van der Waals surface area (Å²) in [5, 5.41) is 11.4. The maximum Gasteiger partial charge on any atom is 0.251 e. The van der Waals surface area contributed by atoms with Crippen molar-refractivity contribution in [1.29, 1.82) is 0 Å². The van der Waals surface area contributed by atoms with Crippen LogP contribution >= 0.6 is 0 Å². The molecule has 0 bridgehead atoms. The summed E-state index contributed by atoms with van der Waals surface area (Å²) >= 11 is 0. The van der Waals surface area contributed by atoms with E-state index in [4.69, 9.17) is 10.8 Å². The Bertz CT molecular complexity index is 571. The summed E-state index contributed by atoms with van der Waals surface area (Å²) in [5.74, 6) is 5.25. The van der Waals surface area contributed by atoms with Crippen molar-refractivity contribution < 1.29 is 14.7 Å². The average Bonchev–Trinajstić information content (AvgIpc) is 2.45. The number of hydrogen-bond acceptors (Lipinski definition) is 3. The maximum atomic E-state index is 11.9. The van der Waals surface area contributed by atoms with E-state index in [-0.39, 0.29) is 24.8 Å². The number of carbonyl (C=O) groups is 2. The molecule has 0 aromatic heterocycles. The number of nitrogens with one attached hydrogen (secondary N) is 1. The van der Waals surface area contributed by atoms with E-state index in [0.29, 0.717) is 24.9 Å². The Labute approximate surface area is 124 Å². The van der Waals surface area contributed by atoms with Crippen LogP contribution in [0.1, 0.15) is 40.7 Å². The smallest absolute Gasteiger partial charge is 0.251 e. The molecule has 0 fully saturated rings. The summed E-state index contributed by atoms with van der Waals surface area (Å²) in [6.07, 6.45) is 1.23. The molecular weight excluding hydrogens is 268 g/mol. The molecule has 0 saturated carbocycles. The molecule has 0 saturated heterocycles. The molecule has 0 aliphatic heterocycles. The minimum atomic E-state index is -0.370. The third-order valence-electron chi connectivity index (χ3n) is 2.83. The molecule has 0 spiro atoms. The molecule has 1 aromatic carbocycles. The fraction of sp³-hybridized carbons (Fsp3) is 0.375. The van der Waals surface area contributed by atoms with Gasteiger partial charge in [-0.25, -0.2) is 0 Å². The first-order valence-electron chi connectivity index (χ1n) is 6.81. The predicted molar refractivity (Wildman–Crippen MR) is 80.5 cm³/mol. The van der Waals surface area contributed by atoms with Gasteiger partial charge in [0.05, 0.1) is 6.61 Å². The Kier molecular flexibility index (Phi) is 6.99. The van der Waals surface area contributed by atoms with E-state index in [1.807, 2.05) is 6.92 Å². The Morgan fingerprint density at radius 3 is 2.76 bits per heavy atom. The Morgan fingerprint density at radius 2 is 2.14 bits per heavy atom. The van der Waals surface area contributed by atoms with Gasteiger partial charge in [0.1, 0.15) is 0 Å². The summed E-state index contributed by atoms with van der Waals surface area (Å²) in [6, 6.07) is 5.27. The normalized spacial score (nSPS) is 9.62. The molecule has 0 unspecified atom stereocenters. The molecule has 0 heterocycles. The van der Waals surface area contributed by atoms with Crippen molar-refractivity contribution in [2.45, 2.75) is 26.2 Å². The van der Waals surface area contributed by atoms with E-state index in [1.165, 1.54) is 0 Å². The highest BCUT2D eigenvalue weighted by molar-refractivity contribution is 5.94. The molecule has 0 atom stereocenters. The second kappa shape index (κ2) is 8.77. The molecule has 0 aliphatic rings. The van der Waals surface area contributed by atoms with E-state index in [1.54, 1.807) is 18.2 Å². The molecule has 4 N–H and O–H groups in total. The number of nitrogens with two attached hydrogens (primary N) is 1. The van der Waals surface area contributed by atoms with Gasteiger partial charge in [0.25, 0.3) is 5.91 Å². The largest absolute Gasteiger partial charge is 0.395 e. The van der Waals surface area contributed by atoms with Gasteiger partial charge in [-0.1, -0.05) is 11.8 Å². The van der Waals surface area contributed by atoms with Crippen LogP contribution in [0.3, 0.4) is 0 Å². The van der Waals surface area contributed by atoms with Crippen LogP contribution in [-0.2, 0) is 4.79 Å². The van der Waals surface area contributed by atoms with Crippen LogP contribution in [0.2, 0.25) is 0 Å². The Hall–Kier alpha value is -2.32. The van der Waals surface area contributed by atoms with E-state index >= 15 is 0 Å². The van der Waals surface area contributed by atoms with Gasteiger partial charge in [-0.2, -0.15) is 0 Å². The standard InChI is InChI=1S/C16H20N2O3/c1-12-11-14(8-7-13(12)5-2-3-10-19)16(21)18-9-4-6-15(17)20/h7-8,11,19H,3-4,6,9-10H2,1H3,(H2,17,20)(H,18,21). The van der Waals surface area contributed by atoms with Gasteiger partial charge in [-0.15, -0.1) is 0 Å². The van der Waals surface area contributed by atoms with Gasteiger partial charge in [-0.05, 0) is 37.1 Å². The van der Waals surface area contributed by atoms with Gasteiger partial charge >= 0.3 is 0 Å². The fourth-order valence-corrected chi connectivity index (χ4v) is 1.73. The van der Waals surface area contributed by atoms with Gasteiger partial charge in [-0.3, -0.25) is 9.59 Å². The summed E-state index contributed by atoms with van der Waals surface area (Å²) in [6.45, 7) is 2.34. The van der Waals surface area contributed by atoms with E-state index < -0.39 is 0 Å². The third-order valence-corrected chi connectivity index (χ3v) is 2.83. The zero-order chi connectivity index (χ0) is 15.7. The summed E-state index contributed by atoms with van der Waals surface area (Å²) < 4.78 is 0. The van der Waals surface area contributed by atoms with Gasteiger partial charge in [0.2, 0.25) is 5.91 Å². The number of hydrogen-bond donors (Lipinski definition) is 3. The minimum absolute atomic E-state index is 0.0395. The van der Waals surface area contributed by atoms with Crippen molar-refractivity contribution in [1.82, 2.24) is 5.32 Å². The average molecular weight is 288 g/mol. The van der Waals surface area contributed by atoms with Crippen LogP contribution < -0.4 is 11.1 Å². The SMILES string of the molecule is Cc1cc(C(=O)NCCCC(N)=O)ccc1C#CCCO. The van der Waals surface area contributed by atoms with Crippen molar-refractivity contribution in [2.24, 2.45) is 5.73 Å². The quantitative estimate of drug-likeness (QED) is 0.532. The van der Waals surface area contributed by atoms with Crippen molar-refractivity contribution in [3.05, 3.63) is 34.9 Å². The Balaban J connectivity index is 2.60. The molecule has 21 heavy (non-hydrogen) atoms. The molecule has 1 rings (SSSR count). The number of benzene rings is 1. The summed E-state index contributed by atoms with van der Waals surface area (Å²) in [5.41, 5.74) is 7.33. The lowest BCUT2D eigenvalue weighted by Gasteiger charge is -2.06. The van der Waals surface area contributed by atoms with Crippen LogP contribution in [0.15, 0.2) is 18.2 Å². The summed E-state index contributed by atoms with van der Waals surface area (Å²) in [4.78, 5) is 22.5. The highest BCUT2D eigenvalue weighted by Gasteiger charge is 2.06. The zero-order valence-electron chi connectivity index (χ0n) is 12.1. The molecular formula is C16H20N2O3. The van der Waals surface area contributed by atoms with Crippen LogP contribution in [0.5, 0.6) is 0 Å².